The van der Waals surface area contributed by atoms with Crippen LogP contribution in [0.15, 0.2) is 12.4 Å². The molecule has 3 rings (SSSR count). The molecule has 3 N–H and O–H groups in total. The summed E-state index contributed by atoms with van der Waals surface area (Å²) in [5.41, 5.74) is 5.34. The minimum absolute atomic E-state index is 0.000432. The second-order valence-electron chi connectivity index (χ2n) is 5.03. The molecule has 1 amide bonds. The normalized spacial score (nSPS) is 22.9. The molecule has 0 unspecified atom stereocenters. The molecule has 1 fully saturated rings. The smallest absolute Gasteiger partial charge is 0.255 e. The molecule has 1 saturated carbocycles. The summed E-state index contributed by atoms with van der Waals surface area (Å²) in [6.45, 7) is 0. The molecular formula is C12H15ClN6O. The fraction of sp³-hybridized carbons (Fsp3) is 0.500. The van der Waals surface area contributed by atoms with Crippen molar-refractivity contribution in [2.75, 3.05) is 5.32 Å². The molecule has 0 radical (unpaired) electrons. The highest BCUT2D eigenvalue weighted by Gasteiger charge is 2.25. The maximum Gasteiger partial charge on any atom is 0.255 e. The molecule has 0 atom stereocenters. The van der Waals surface area contributed by atoms with Crippen molar-refractivity contribution < 1.29 is 4.79 Å². The molecule has 0 spiro atoms. The first-order valence-electron chi connectivity index (χ1n) is 6.55. The summed E-state index contributed by atoms with van der Waals surface area (Å²) < 4.78 is 1.62. The zero-order valence-corrected chi connectivity index (χ0v) is 11.5. The van der Waals surface area contributed by atoms with Gasteiger partial charge in [-0.05, 0) is 25.7 Å². The number of hydrogen-bond donors (Lipinski definition) is 2. The lowest BCUT2D eigenvalue weighted by Gasteiger charge is -2.28. The van der Waals surface area contributed by atoms with Gasteiger partial charge >= 0.3 is 0 Å². The first-order valence-corrected chi connectivity index (χ1v) is 6.93. The fourth-order valence-electron chi connectivity index (χ4n) is 2.62. The fourth-order valence-corrected chi connectivity index (χ4v) is 2.80. The second kappa shape index (κ2) is 5.24. The lowest BCUT2D eigenvalue weighted by Crippen LogP contribution is -2.32. The first kappa shape index (κ1) is 13.1. The third-order valence-electron chi connectivity index (χ3n) is 3.70. The molecule has 8 heteroatoms. The van der Waals surface area contributed by atoms with E-state index in [-0.39, 0.29) is 17.9 Å². The number of aromatic nitrogens is 4. The van der Waals surface area contributed by atoms with E-state index >= 15 is 0 Å². The summed E-state index contributed by atoms with van der Waals surface area (Å²) in [7, 11) is 0. The Hall–Kier alpha value is -1.89. The molecule has 1 aliphatic rings. The summed E-state index contributed by atoms with van der Waals surface area (Å²) in [4.78, 5) is 19.3. The Kier molecular flexibility index (Phi) is 3.43. The predicted octanol–water partition coefficient (Wildman–Crippen LogP) is 1.23. The number of nitrogens with one attached hydrogen (secondary N) is 1. The van der Waals surface area contributed by atoms with Crippen molar-refractivity contribution in [3.63, 3.8) is 0 Å². The summed E-state index contributed by atoms with van der Waals surface area (Å²) in [6, 6.07) is 2.00. The van der Waals surface area contributed by atoms with Gasteiger partial charge in [-0.25, -0.2) is 0 Å². The van der Waals surface area contributed by atoms with Crippen LogP contribution in [0.5, 0.6) is 0 Å². The van der Waals surface area contributed by atoms with Gasteiger partial charge in [0.15, 0.2) is 0 Å². The van der Waals surface area contributed by atoms with Crippen LogP contribution in [0, 0.1) is 5.92 Å². The van der Waals surface area contributed by atoms with Crippen LogP contribution in [0.4, 0.5) is 5.82 Å². The third-order valence-corrected chi connectivity index (χ3v) is 3.90. The van der Waals surface area contributed by atoms with E-state index in [1.54, 1.807) is 10.6 Å². The minimum Gasteiger partial charge on any atom is -0.369 e. The van der Waals surface area contributed by atoms with Crippen LogP contribution in [0.25, 0.3) is 5.78 Å². The van der Waals surface area contributed by atoms with E-state index in [2.05, 4.69) is 20.4 Å². The van der Waals surface area contributed by atoms with E-state index in [0.717, 1.165) is 31.5 Å². The van der Waals surface area contributed by atoms with Gasteiger partial charge in [0.25, 0.3) is 5.78 Å². The number of carbonyl (C=O) groups excluding carboxylic acids is 1. The Bertz CT molecular complexity index is 634. The molecule has 7 nitrogen and oxygen atoms in total. The minimum atomic E-state index is -0.200. The van der Waals surface area contributed by atoms with Gasteiger partial charge in [0.2, 0.25) is 5.91 Å². The van der Waals surface area contributed by atoms with Crippen LogP contribution in [-0.2, 0) is 4.79 Å². The molecule has 0 saturated heterocycles. The molecule has 106 valence electrons. The molecule has 1 aliphatic carbocycles. The number of halogens is 1. The Morgan fingerprint density at radius 3 is 2.85 bits per heavy atom. The van der Waals surface area contributed by atoms with Gasteiger partial charge in [0, 0.05) is 18.0 Å². The Labute approximate surface area is 120 Å². The average molecular weight is 295 g/mol. The number of amides is 1. The van der Waals surface area contributed by atoms with Crippen LogP contribution >= 0.6 is 11.6 Å². The van der Waals surface area contributed by atoms with E-state index in [1.165, 1.54) is 6.33 Å². The van der Waals surface area contributed by atoms with Crippen molar-refractivity contribution >= 4 is 29.1 Å². The lowest BCUT2D eigenvalue weighted by atomic mass is 9.85. The van der Waals surface area contributed by atoms with Gasteiger partial charge in [-0.15, -0.1) is 0 Å². The standard InChI is InChI=1S/C12H15ClN6O/c13-9-5-10(19-12(18-9)15-6-16-19)17-8-3-1-7(2-4-8)11(14)20/h5-8,17H,1-4H2,(H2,14,20). The van der Waals surface area contributed by atoms with Crippen molar-refractivity contribution in [2.24, 2.45) is 11.7 Å². The largest absolute Gasteiger partial charge is 0.369 e. The number of rotatable bonds is 3. The van der Waals surface area contributed by atoms with Crippen molar-refractivity contribution in [3.05, 3.63) is 17.5 Å². The lowest BCUT2D eigenvalue weighted by molar-refractivity contribution is -0.122. The molecule has 0 aliphatic heterocycles. The van der Waals surface area contributed by atoms with Crippen molar-refractivity contribution in [1.82, 2.24) is 19.6 Å². The van der Waals surface area contributed by atoms with Crippen LogP contribution in [0.1, 0.15) is 25.7 Å². The maximum absolute atomic E-state index is 11.2. The third kappa shape index (κ3) is 2.53. The van der Waals surface area contributed by atoms with E-state index in [0.29, 0.717) is 10.9 Å². The molecule has 0 aromatic carbocycles. The van der Waals surface area contributed by atoms with Gasteiger partial charge in [-0.1, -0.05) is 11.6 Å². The SMILES string of the molecule is NC(=O)C1CCC(Nc2cc(Cl)nc3ncnn23)CC1. The topological polar surface area (TPSA) is 98.2 Å². The van der Waals surface area contributed by atoms with Crippen molar-refractivity contribution in [3.8, 4) is 0 Å². The van der Waals surface area contributed by atoms with E-state index in [4.69, 9.17) is 17.3 Å². The number of carbonyl (C=O) groups is 1. The number of anilines is 1. The molecular weight excluding hydrogens is 280 g/mol. The van der Waals surface area contributed by atoms with Crippen LogP contribution in [-0.4, -0.2) is 31.5 Å². The molecule has 0 bridgehead atoms. The van der Waals surface area contributed by atoms with E-state index < -0.39 is 0 Å². The highest BCUT2D eigenvalue weighted by atomic mass is 35.5. The number of nitrogens with zero attached hydrogens (tertiary/aromatic N) is 4. The van der Waals surface area contributed by atoms with Gasteiger partial charge in [0.1, 0.15) is 17.3 Å². The van der Waals surface area contributed by atoms with Crippen LogP contribution < -0.4 is 11.1 Å². The van der Waals surface area contributed by atoms with E-state index in [9.17, 15) is 4.79 Å². The summed E-state index contributed by atoms with van der Waals surface area (Å²) >= 11 is 5.97. The molecule has 2 heterocycles. The van der Waals surface area contributed by atoms with Crippen LogP contribution in [0.2, 0.25) is 5.15 Å². The summed E-state index contributed by atoms with van der Waals surface area (Å²) in [5, 5.41) is 7.88. The highest BCUT2D eigenvalue weighted by molar-refractivity contribution is 6.29. The van der Waals surface area contributed by atoms with Crippen LogP contribution in [0.3, 0.4) is 0 Å². The highest BCUT2D eigenvalue weighted by Crippen LogP contribution is 2.26. The Morgan fingerprint density at radius 2 is 2.15 bits per heavy atom. The van der Waals surface area contributed by atoms with Gasteiger partial charge < -0.3 is 11.1 Å². The zero-order chi connectivity index (χ0) is 14.1. The maximum atomic E-state index is 11.2. The van der Waals surface area contributed by atoms with Crippen molar-refractivity contribution in [1.29, 1.82) is 0 Å². The van der Waals surface area contributed by atoms with E-state index in [1.807, 2.05) is 0 Å². The molecule has 20 heavy (non-hydrogen) atoms. The zero-order valence-electron chi connectivity index (χ0n) is 10.8. The second-order valence-corrected chi connectivity index (χ2v) is 5.42. The quantitative estimate of drug-likeness (QED) is 0.830. The summed E-state index contributed by atoms with van der Waals surface area (Å²) in [6.07, 6.45) is 4.85. The Balaban J connectivity index is 1.74. The van der Waals surface area contributed by atoms with Gasteiger partial charge in [-0.2, -0.15) is 19.6 Å². The molecule has 2 aromatic heterocycles. The number of hydrogen-bond acceptors (Lipinski definition) is 5. The van der Waals surface area contributed by atoms with Gasteiger partial charge in [0.05, 0.1) is 0 Å². The first-order chi connectivity index (χ1) is 9.63. The number of fused-ring (bicyclic) bond motifs is 1. The number of primary amides is 1. The Morgan fingerprint density at radius 1 is 1.40 bits per heavy atom. The average Bonchev–Trinajstić information content (AvgIpc) is 2.87. The molecule has 2 aromatic rings. The van der Waals surface area contributed by atoms with Crippen molar-refractivity contribution in [2.45, 2.75) is 31.7 Å². The number of nitrogens with two attached hydrogens (primary N) is 1. The summed E-state index contributed by atoms with van der Waals surface area (Å²) in [5.74, 6) is 1.03. The predicted molar refractivity (Wildman–Crippen MR) is 74.4 cm³/mol. The van der Waals surface area contributed by atoms with Gasteiger partial charge in [-0.3, -0.25) is 4.79 Å². The monoisotopic (exact) mass is 294 g/mol.